The topological polar surface area (TPSA) is 139 Å². The van der Waals surface area contributed by atoms with Crippen LogP contribution in [0.15, 0.2) is 65.9 Å². The number of carbonyl (C=O) groups excluding carboxylic acids is 3. The molecule has 0 radical (unpaired) electrons. The normalized spacial score (nSPS) is 19.2. The van der Waals surface area contributed by atoms with Gasteiger partial charge in [-0.2, -0.15) is 0 Å². The molecule has 2 aromatic rings. The van der Waals surface area contributed by atoms with Crippen LogP contribution in [0.1, 0.15) is 11.1 Å². The largest absolute Gasteiger partial charge is 0.456 e. The van der Waals surface area contributed by atoms with E-state index in [0.717, 1.165) is 5.56 Å². The van der Waals surface area contributed by atoms with Crippen LogP contribution in [0.25, 0.3) is 0 Å². The minimum atomic E-state index is -0.782. The van der Waals surface area contributed by atoms with Crippen molar-refractivity contribution in [2.75, 3.05) is 12.4 Å². The fourth-order valence-corrected chi connectivity index (χ4v) is 5.07. The van der Waals surface area contributed by atoms with Gasteiger partial charge in [0.2, 0.25) is 5.91 Å². The van der Waals surface area contributed by atoms with E-state index in [0.29, 0.717) is 16.9 Å². The summed E-state index contributed by atoms with van der Waals surface area (Å²) in [7, 11) is 0. The van der Waals surface area contributed by atoms with Crippen LogP contribution in [-0.2, 0) is 32.1 Å². The van der Waals surface area contributed by atoms with Gasteiger partial charge in [-0.1, -0.05) is 30.3 Å². The Bertz CT molecular complexity index is 1150. The van der Waals surface area contributed by atoms with E-state index in [1.54, 1.807) is 0 Å². The van der Waals surface area contributed by atoms with E-state index in [-0.39, 0.29) is 30.3 Å². The first kappa shape index (κ1) is 23.5. The summed E-state index contributed by atoms with van der Waals surface area (Å²) < 4.78 is 5.33. The van der Waals surface area contributed by atoms with Crippen LogP contribution in [0.2, 0.25) is 0 Å². The highest BCUT2D eigenvalue weighted by molar-refractivity contribution is 8.00. The standard InChI is InChI=1S/C23H21N3O7S/c27-11-16-13-34-22-19(24-18(28)10-14-4-2-1-3-5-14)21(29)25(22)20(16)23(30)33-12-15-6-8-17(9-7-15)26(31)32/h1-9,19,22,27H,10-13H2,(H,24,28)/t19-,22-/m1/s1. The molecule has 2 aliphatic rings. The first-order chi connectivity index (χ1) is 16.4. The van der Waals surface area contributed by atoms with Gasteiger partial charge in [0.05, 0.1) is 18.0 Å². The van der Waals surface area contributed by atoms with E-state index in [2.05, 4.69) is 5.32 Å². The molecule has 2 aliphatic heterocycles. The third kappa shape index (κ3) is 4.80. The quantitative estimate of drug-likeness (QED) is 0.249. The van der Waals surface area contributed by atoms with Crippen molar-refractivity contribution in [1.82, 2.24) is 10.2 Å². The van der Waals surface area contributed by atoms with Crippen LogP contribution in [-0.4, -0.2) is 56.5 Å². The van der Waals surface area contributed by atoms with Gasteiger partial charge in [0.1, 0.15) is 23.7 Å². The van der Waals surface area contributed by atoms with E-state index in [1.165, 1.54) is 40.9 Å². The molecule has 0 aliphatic carbocycles. The van der Waals surface area contributed by atoms with Crippen molar-refractivity contribution in [2.45, 2.75) is 24.4 Å². The summed E-state index contributed by atoms with van der Waals surface area (Å²) in [6, 6.07) is 13.9. The molecule has 10 nitrogen and oxygen atoms in total. The third-order valence-corrected chi connectivity index (χ3v) is 6.81. The van der Waals surface area contributed by atoms with Crippen LogP contribution < -0.4 is 5.32 Å². The molecule has 2 amide bonds. The molecule has 1 fully saturated rings. The van der Waals surface area contributed by atoms with Crippen LogP contribution in [0.3, 0.4) is 0 Å². The lowest BCUT2D eigenvalue weighted by molar-refractivity contribution is -0.384. The number of esters is 1. The van der Waals surface area contributed by atoms with E-state index < -0.39 is 34.8 Å². The number of aliphatic hydroxyl groups is 1. The maximum Gasteiger partial charge on any atom is 0.355 e. The van der Waals surface area contributed by atoms with Gasteiger partial charge in [-0.3, -0.25) is 24.6 Å². The summed E-state index contributed by atoms with van der Waals surface area (Å²) in [6.45, 7) is -0.577. The molecule has 2 N–H and O–H groups in total. The number of hydrogen-bond acceptors (Lipinski definition) is 8. The van der Waals surface area contributed by atoms with Crippen molar-refractivity contribution in [3.63, 3.8) is 0 Å². The van der Waals surface area contributed by atoms with Crippen LogP contribution in [0.5, 0.6) is 0 Å². The molecule has 0 saturated carbocycles. The Labute approximate surface area is 198 Å². The predicted octanol–water partition coefficient (Wildman–Crippen LogP) is 1.53. The van der Waals surface area contributed by atoms with Crippen molar-refractivity contribution < 1.29 is 29.2 Å². The van der Waals surface area contributed by atoms with Gasteiger partial charge in [-0.15, -0.1) is 11.8 Å². The Kier molecular flexibility index (Phi) is 6.94. The number of hydrogen-bond donors (Lipinski definition) is 2. The second-order valence-corrected chi connectivity index (χ2v) is 8.83. The Balaban J connectivity index is 1.41. The number of β-lactam (4-membered cyclic amide) rings is 1. The molecule has 4 rings (SSSR count). The first-order valence-corrected chi connectivity index (χ1v) is 11.4. The summed E-state index contributed by atoms with van der Waals surface area (Å²) >= 11 is 1.35. The number of nitrogens with one attached hydrogen (secondary N) is 1. The molecule has 176 valence electrons. The average Bonchev–Trinajstić information content (AvgIpc) is 2.85. The zero-order chi connectivity index (χ0) is 24.2. The number of carbonyl (C=O) groups is 3. The number of aliphatic hydroxyl groups excluding tert-OH is 1. The molecular formula is C23H21N3O7S. The number of nitrogens with zero attached hydrogens (tertiary/aromatic N) is 2. The van der Waals surface area contributed by atoms with Crippen molar-refractivity contribution in [1.29, 1.82) is 0 Å². The Morgan fingerprint density at radius 2 is 1.85 bits per heavy atom. The number of nitro groups is 1. The summed E-state index contributed by atoms with van der Waals surface area (Å²) in [5.74, 6) is -1.23. The average molecular weight is 484 g/mol. The van der Waals surface area contributed by atoms with Crippen LogP contribution >= 0.6 is 11.8 Å². The van der Waals surface area contributed by atoms with Crippen molar-refractivity contribution in [3.8, 4) is 0 Å². The van der Waals surface area contributed by atoms with Crippen LogP contribution in [0.4, 0.5) is 5.69 Å². The highest BCUT2D eigenvalue weighted by Crippen LogP contribution is 2.40. The lowest BCUT2D eigenvalue weighted by Crippen LogP contribution is -2.70. The van der Waals surface area contributed by atoms with Gasteiger partial charge < -0.3 is 15.2 Å². The summed E-state index contributed by atoms with van der Waals surface area (Å²) in [5.41, 5.74) is 1.61. The Morgan fingerprint density at radius 3 is 2.50 bits per heavy atom. The van der Waals surface area contributed by atoms with Crippen molar-refractivity contribution in [2.24, 2.45) is 0 Å². The van der Waals surface area contributed by atoms with Gasteiger partial charge >= 0.3 is 5.97 Å². The minimum absolute atomic E-state index is 0.0216. The number of nitro benzene ring substituents is 1. The SMILES string of the molecule is O=C(Cc1ccccc1)N[C@@H]1C(=O)N2C(C(=O)OCc3ccc([N+](=O)[O-])cc3)=C(CO)CS[C@H]12. The van der Waals surface area contributed by atoms with E-state index in [9.17, 15) is 29.6 Å². The number of thioether (sulfide) groups is 1. The fraction of sp³-hybridized carbons (Fsp3) is 0.261. The molecule has 0 spiro atoms. The highest BCUT2D eigenvalue weighted by Gasteiger charge is 2.54. The highest BCUT2D eigenvalue weighted by atomic mass is 32.2. The van der Waals surface area contributed by atoms with Crippen LogP contribution in [0, 0.1) is 10.1 Å². The number of rotatable bonds is 8. The van der Waals surface area contributed by atoms with Gasteiger partial charge in [-0.05, 0) is 28.8 Å². The molecule has 2 heterocycles. The molecule has 0 aromatic heterocycles. The number of non-ortho nitro benzene ring substituents is 1. The van der Waals surface area contributed by atoms with Gasteiger partial charge in [0, 0.05) is 17.9 Å². The first-order valence-electron chi connectivity index (χ1n) is 10.4. The Hall–Kier alpha value is -3.70. The predicted molar refractivity (Wildman–Crippen MR) is 122 cm³/mol. The maximum atomic E-state index is 12.8. The smallest absolute Gasteiger partial charge is 0.355 e. The van der Waals surface area contributed by atoms with E-state index >= 15 is 0 Å². The summed E-state index contributed by atoms with van der Waals surface area (Å²) in [6.07, 6.45) is 0.129. The summed E-state index contributed by atoms with van der Waals surface area (Å²) in [4.78, 5) is 49.6. The lowest BCUT2D eigenvalue weighted by Gasteiger charge is -2.49. The summed E-state index contributed by atoms with van der Waals surface area (Å²) in [5, 5.41) is 22.7. The third-order valence-electron chi connectivity index (χ3n) is 5.47. The van der Waals surface area contributed by atoms with Gasteiger partial charge in [0.15, 0.2) is 0 Å². The molecule has 11 heteroatoms. The molecule has 0 unspecified atom stereocenters. The van der Waals surface area contributed by atoms with E-state index in [1.807, 2.05) is 30.3 Å². The maximum absolute atomic E-state index is 12.8. The molecule has 2 aromatic carbocycles. The number of benzene rings is 2. The molecular weight excluding hydrogens is 462 g/mol. The lowest BCUT2D eigenvalue weighted by atomic mass is 10.0. The van der Waals surface area contributed by atoms with Crippen molar-refractivity contribution >= 4 is 35.2 Å². The minimum Gasteiger partial charge on any atom is -0.456 e. The second kappa shape index (κ2) is 10.1. The monoisotopic (exact) mass is 483 g/mol. The zero-order valence-electron chi connectivity index (χ0n) is 17.9. The number of ether oxygens (including phenoxy) is 1. The zero-order valence-corrected chi connectivity index (χ0v) is 18.7. The second-order valence-electron chi connectivity index (χ2n) is 7.73. The van der Waals surface area contributed by atoms with Gasteiger partial charge in [0.25, 0.3) is 11.6 Å². The number of fused-ring (bicyclic) bond motifs is 1. The fourth-order valence-electron chi connectivity index (χ4n) is 3.73. The van der Waals surface area contributed by atoms with Gasteiger partial charge in [-0.25, -0.2) is 4.79 Å². The molecule has 0 bridgehead atoms. The molecule has 1 saturated heterocycles. The Morgan fingerprint density at radius 1 is 1.15 bits per heavy atom. The number of amides is 2. The van der Waals surface area contributed by atoms with E-state index in [4.69, 9.17) is 4.74 Å². The molecule has 34 heavy (non-hydrogen) atoms. The molecule has 2 atom stereocenters. The van der Waals surface area contributed by atoms with Crippen molar-refractivity contribution in [3.05, 3.63) is 87.1 Å².